The number of nitrogens with zero attached hydrogens (tertiary/aromatic N) is 1. The van der Waals surface area contributed by atoms with E-state index in [-0.39, 0.29) is 0 Å². The van der Waals surface area contributed by atoms with E-state index in [0.717, 1.165) is 28.1 Å². The van der Waals surface area contributed by atoms with Crippen molar-refractivity contribution in [3.8, 4) is 44.7 Å². The number of benzene rings is 2. The molecule has 0 spiro atoms. The van der Waals surface area contributed by atoms with Crippen molar-refractivity contribution in [2.45, 2.75) is 13.3 Å². The number of methoxy groups -OCH3 is 4. The van der Waals surface area contributed by atoms with Crippen LogP contribution in [-0.4, -0.2) is 32.8 Å². The second-order valence-corrected chi connectivity index (χ2v) is 6.66. The van der Waals surface area contributed by atoms with Crippen LogP contribution in [0.3, 0.4) is 0 Å². The third kappa shape index (κ3) is 3.57. The Bertz CT molecular complexity index is 919. The molecule has 2 aromatic carbocycles. The molecule has 0 bridgehead atoms. The monoisotopic (exact) mass is 385 g/mol. The predicted octanol–water partition coefficient (Wildman–Crippen LogP) is 5.07. The van der Waals surface area contributed by atoms with Crippen LogP contribution in [0.4, 0.5) is 0 Å². The Balaban J connectivity index is 2.09. The van der Waals surface area contributed by atoms with Gasteiger partial charge in [0.2, 0.25) is 11.5 Å². The van der Waals surface area contributed by atoms with Gasteiger partial charge in [0.05, 0.1) is 44.6 Å². The van der Waals surface area contributed by atoms with E-state index < -0.39 is 0 Å². The summed E-state index contributed by atoms with van der Waals surface area (Å²) < 4.78 is 26.7. The maximum atomic E-state index is 5.61. The fourth-order valence-electron chi connectivity index (χ4n) is 2.97. The molecule has 0 unspecified atom stereocenters. The minimum atomic E-state index is 0.483. The summed E-state index contributed by atoms with van der Waals surface area (Å²) in [4.78, 5) is 1.09. The predicted molar refractivity (Wildman–Crippen MR) is 109 cm³/mol. The van der Waals surface area contributed by atoms with Gasteiger partial charge in [-0.15, -0.1) is 0 Å². The lowest BCUT2D eigenvalue weighted by Gasteiger charge is -2.17. The third-order valence-corrected chi connectivity index (χ3v) is 5.26. The molecule has 5 nitrogen and oxygen atoms in total. The molecular weight excluding hydrogens is 362 g/mol. The van der Waals surface area contributed by atoms with Crippen molar-refractivity contribution in [1.82, 2.24) is 4.37 Å². The average molecular weight is 385 g/mol. The van der Waals surface area contributed by atoms with Crippen molar-refractivity contribution in [3.05, 3.63) is 42.0 Å². The fraction of sp³-hybridized carbons (Fsp3) is 0.286. The first-order valence-corrected chi connectivity index (χ1v) is 9.37. The lowest BCUT2D eigenvalue weighted by molar-refractivity contribution is 0.306. The van der Waals surface area contributed by atoms with Gasteiger partial charge in [0.15, 0.2) is 11.5 Å². The number of aryl methyl sites for hydroxylation is 1. The van der Waals surface area contributed by atoms with Gasteiger partial charge in [0.1, 0.15) is 0 Å². The molecule has 142 valence electrons. The van der Waals surface area contributed by atoms with Gasteiger partial charge in [-0.2, -0.15) is 4.37 Å². The van der Waals surface area contributed by atoms with Crippen LogP contribution in [-0.2, 0) is 6.42 Å². The Hall–Kier alpha value is -2.73. The maximum Gasteiger partial charge on any atom is 0.207 e. The first-order chi connectivity index (χ1) is 13.2. The van der Waals surface area contributed by atoms with Crippen molar-refractivity contribution in [3.63, 3.8) is 0 Å². The first-order valence-electron chi connectivity index (χ1n) is 8.60. The molecule has 0 N–H and O–H groups in total. The lowest BCUT2D eigenvalue weighted by atomic mass is 10.1. The highest BCUT2D eigenvalue weighted by molar-refractivity contribution is 7.09. The molecule has 0 aliphatic carbocycles. The fourth-order valence-corrected chi connectivity index (χ4v) is 3.72. The van der Waals surface area contributed by atoms with Gasteiger partial charge in [-0.1, -0.05) is 31.2 Å². The van der Waals surface area contributed by atoms with E-state index in [1.54, 1.807) is 28.4 Å². The van der Waals surface area contributed by atoms with Crippen LogP contribution in [0, 0.1) is 0 Å². The van der Waals surface area contributed by atoms with E-state index in [0.29, 0.717) is 23.0 Å². The second kappa shape index (κ2) is 8.31. The van der Waals surface area contributed by atoms with Crippen LogP contribution < -0.4 is 18.9 Å². The molecular formula is C21H23NO4S. The molecule has 0 saturated heterocycles. The Labute approximate surface area is 163 Å². The van der Waals surface area contributed by atoms with E-state index in [9.17, 15) is 0 Å². The normalized spacial score (nSPS) is 10.6. The molecule has 3 aromatic rings. The summed E-state index contributed by atoms with van der Waals surface area (Å²) in [5, 5.41) is 0. The zero-order valence-corrected chi connectivity index (χ0v) is 17.0. The number of hydrogen-bond donors (Lipinski definition) is 0. The van der Waals surface area contributed by atoms with Crippen LogP contribution in [0.2, 0.25) is 0 Å². The van der Waals surface area contributed by atoms with Gasteiger partial charge in [0, 0.05) is 0 Å². The second-order valence-electron chi connectivity index (χ2n) is 5.85. The Morgan fingerprint density at radius 1 is 0.815 bits per heavy atom. The molecule has 6 heteroatoms. The van der Waals surface area contributed by atoms with Crippen LogP contribution >= 0.6 is 11.5 Å². The third-order valence-electron chi connectivity index (χ3n) is 4.42. The molecule has 0 aliphatic rings. The summed E-state index contributed by atoms with van der Waals surface area (Å²) in [6, 6.07) is 12.5. The van der Waals surface area contributed by atoms with Gasteiger partial charge in [-0.05, 0) is 41.2 Å². The summed E-state index contributed by atoms with van der Waals surface area (Å²) in [5.41, 5.74) is 4.04. The molecule has 0 radical (unpaired) electrons. The summed E-state index contributed by atoms with van der Waals surface area (Å²) in [5.74, 6) is 2.10. The zero-order chi connectivity index (χ0) is 19.4. The van der Waals surface area contributed by atoms with E-state index in [1.165, 1.54) is 17.1 Å². The molecule has 3 rings (SSSR count). The standard InChI is InChI=1S/C21H23NO4S/c1-6-13-7-9-14(10-8-13)18-12-16(22-27-18)15-11-17(23-2)20(25-4)21(26-5)19(15)24-3/h7-12H,6H2,1-5H3. The topological polar surface area (TPSA) is 49.8 Å². The molecule has 0 aliphatic heterocycles. The van der Waals surface area contributed by atoms with Crippen LogP contribution in [0.5, 0.6) is 23.0 Å². The van der Waals surface area contributed by atoms with Gasteiger partial charge < -0.3 is 18.9 Å². The molecule has 0 saturated carbocycles. The van der Waals surface area contributed by atoms with Crippen molar-refractivity contribution < 1.29 is 18.9 Å². The Morgan fingerprint density at radius 2 is 1.48 bits per heavy atom. The van der Waals surface area contributed by atoms with Crippen molar-refractivity contribution >= 4 is 11.5 Å². The highest BCUT2D eigenvalue weighted by Gasteiger charge is 2.23. The number of ether oxygens (including phenoxy) is 4. The van der Waals surface area contributed by atoms with Gasteiger partial charge in [0.25, 0.3) is 0 Å². The van der Waals surface area contributed by atoms with Crippen molar-refractivity contribution in [2.24, 2.45) is 0 Å². The van der Waals surface area contributed by atoms with E-state index in [2.05, 4.69) is 41.6 Å². The van der Waals surface area contributed by atoms with Crippen molar-refractivity contribution in [2.75, 3.05) is 28.4 Å². The maximum absolute atomic E-state index is 5.61. The summed E-state index contributed by atoms with van der Waals surface area (Å²) in [6.45, 7) is 2.15. The van der Waals surface area contributed by atoms with E-state index in [1.807, 2.05) is 6.07 Å². The Morgan fingerprint density at radius 3 is 2.04 bits per heavy atom. The summed E-state index contributed by atoms with van der Waals surface area (Å²) >= 11 is 1.45. The van der Waals surface area contributed by atoms with Crippen LogP contribution in [0.25, 0.3) is 21.7 Å². The van der Waals surface area contributed by atoms with E-state index in [4.69, 9.17) is 18.9 Å². The van der Waals surface area contributed by atoms with Crippen molar-refractivity contribution in [1.29, 1.82) is 0 Å². The summed E-state index contributed by atoms with van der Waals surface area (Å²) in [6.07, 6.45) is 1.02. The molecule has 1 heterocycles. The highest BCUT2D eigenvalue weighted by atomic mass is 32.1. The molecule has 0 atom stereocenters. The lowest BCUT2D eigenvalue weighted by Crippen LogP contribution is -1.99. The average Bonchev–Trinajstić information content (AvgIpc) is 3.21. The highest BCUT2D eigenvalue weighted by Crippen LogP contribution is 2.50. The van der Waals surface area contributed by atoms with E-state index >= 15 is 0 Å². The first kappa shape index (κ1) is 19.0. The SMILES string of the molecule is CCc1ccc(-c2cc(-c3cc(OC)c(OC)c(OC)c3OC)ns2)cc1. The largest absolute Gasteiger partial charge is 0.493 e. The minimum absolute atomic E-state index is 0.483. The van der Waals surface area contributed by atoms with Crippen LogP contribution in [0.1, 0.15) is 12.5 Å². The van der Waals surface area contributed by atoms with Gasteiger partial charge in [-0.3, -0.25) is 0 Å². The minimum Gasteiger partial charge on any atom is -0.493 e. The molecule has 27 heavy (non-hydrogen) atoms. The number of rotatable bonds is 7. The van der Waals surface area contributed by atoms with Crippen LogP contribution in [0.15, 0.2) is 36.4 Å². The Kier molecular flexibility index (Phi) is 5.86. The number of hydrogen-bond acceptors (Lipinski definition) is 6. The van der Waals surface area contributed by atoms with Gasteiger partial charge in [-0.25, -0.2) is 0 Å². The summed E-state index contributed by atoms with van der Waals surface area (Å²) in [7, 11) is 6.34. The number of aromatic nitrogens is 1. The van der Waals surface area contributed by atoms with Gasteiger partial charge >= 0.3 is 0 Å². The zero-order valence-electron chi connectivity index (χ0n) is 16.2. The quantitative estimate of drug-likeness (QED) is 0.568. The molecule has 1 aromatic heterocycles. The molecule has 0 fully saturated rings. The molecule has 0 amide bonds. The smallest absolute Gasteiger partial charge is 0.207 e.